The third-order valence-electron chi connectivity index (χ3n) is 8.90. The highest BCUT2D eigenvalue weighted by molar-refractivity contribution is 6.35. The lowest BCUT2D eigenvalue weighted by Crippen LogP contribution is -2.53. The summed E-state index contributed by atoms with van der Waals surface area (Å²) in [6.07, 6.45) is 1.32. The molecule has 5 aromatic rings. The zero-order valence-corrected chi connectivity index (χ0v) is 27.1. The number of anilines is 1. The lowest BCUT2D eigenvalue weighted by Gasteiger charge is -2.42. The fraction of sp³-hybridized carbons (Fsp3) is 0.237. The topological polar surface area (TPSA) is 59.1 Å². The minimum atomic E-state index is -0.402. The van der Waals surface area contributed by atoms with Gasteiger partial charge in [-0.05, 0) is 59.5 Å². The highest BCUT2D eigenvalue weighted by Crippen LogP contribution is 2.45. The molecule has 1 aliphatic heterocycles. The molecule has 6 rings (SSSR count). The van der Waals surface area contributed by atoms with Gasteiger partial charge in [0.15, 0.2) is 0 Å². The second-order valence-electron chi connectivity index (χ2n) is 11.9. The number of fused-ring (bicyclic) bond motifs is 2. The van der Waals surface area contributed by atoms with Crippen LogP contribution in [0.2, 0.25) is 5.02 Å². The molecular formula is C38H35ClN4O3. The molecular weight excluding hydrogens is 596 g/mol. The fourth-order valence-corrected chi connectivity index (χ4v) is 6.96. The number of carbonyl (C=O) groups excluding carboxylic acids is 1. The Bertz CT molecular complexity index is 2130. The molecule has 46 heavy (non-hydrogen) atoms. The minimum Gasteiger partial charge on any atom is -0.496 e. The van der Waals surface area contributed by atoms with Crippen molar-refractivity contribution in [3.63, 3.8) is 0 Å². The molecule has 4 aromatic carbocycles. The number of ether oxygens (including phenoxy) is 1. The van der Waals surface area contributed by atoms with Gasteiger partial charge >= 0.3 is 0 Å². The summed E-state index contributed by atoms with van der Waals surface area (Å²) in [6, 6.07) is 23.5. The third kappa shape index (κ3) is 5.09. The number of para-hydroxylation sites is 1. The molecule has 1 fully saturated rings. The van der Waals surface area contributed by atoms with E-state index < -0.39 is 5.56 Å². The van der Waals surface area contributed by atoms with E-state index in [1.54, 1.807) is 16.6 Å². The van der Waals surface area contributed by atoms with Crippen molar-refractivity contribution in [1.29, 1.82) is 0 Å². The first-order valence-electron chi connectivity index (χ1n) is 15.3. The van der Waals surface area contributed by atoms with E-state index in [1.807, 2.05) is 79.7 Å². The van der Waals surface area contributed by atoms with Crippen LogP contribution >= 0.6 is 11.6 Å². The van der Waals surface area contributed by atoms with E-state index in [-0.39, 0.29) is 23.6 Å². The molecule has 0 bridgehead atoms. The van der Waals surface area contributed by atoms with Crippen molar-refractivity contribution in [2.24, 2.45) is 0 Å². The summed E-state index contributed by atoms with van der Waals surface area (Å²) in [5, 5.41) is 3.15. The molecule has 1 aliphatic rings. The summed E-state index contributed by atoms with van der Waals surface area (Å²) >= 11 is 7.21. The van der Waals surface area contributed by atoms with Gasteiger partial charge in [0.25, 0.3) is 11.2 Å². The zero-order valence-electron chi connectivity index (χ0n) is 26.4. The number of nitrogens with zero attached hydrogens (tertiary/aromatic N) is 4. The summed E-state index contributed by atoms with van der Waals surface area (Å²) in [7, 11) is 1.63. The van der Waals surface area contributed by atoms with E-state index in [0.717, 1.165) is 27.6 Å². The molecule has 2 heterocycles. The number of rotatable bonds is 6. The summed E-state index contributed by atoms with van der Waals surface area (Å²) in [6.45, 7) is 19.4. The van der Waals surface area contributed by atoms with Crippen LogP contribution in [0.5, 0.6) is 5.75 Å². The van der Waals surface area contributed by atoms with Crippen molar-refractivity contribution < 1.29 is 9.53 Å². The maximum absolute atomic E-state index is 14.6. The van der Waals surface area contributed by atoms with E-state index in [4.69, 9.17) is 22.9 Å². The summed E-state index contributed by atoms with van der Waals surface area (Å²) in [4.78, 5) is 34.8. The van der Waals surface area contributed by atoms with Crippen molar-refractivity contribution in [2.75, 3.05) is 31.6 Å². The molecule has 0 saturated carbocycles. The van der Waals surface area contributed by atoms with E-state index in [1.165, 1.54) is 6.08 Å². The molecule has 1 aromatic heterocycles. The normalized spacial score (nSPS) is 14.9. The van der Waals surface area contributed by atoms with E-state index in [2.05, 4.69) is 30.2 Å². The Morgan fingerprint density at radius 2 is 1.80 bits per heavy atom. The van der Waals surface area contributed by atoms with Crippen LogP contribution in [0.4, 0.5) is 11.4 Å². The van der Waals surface area contributed by atoms with Gasteiger partial charge in [0.1, 0.15) is 5.75 Å². The molecule has 1 saturated heterocycles. The van der Waals surface area contributed by atoms with Gasteiger partial charge in [0.2, 0.25) is 5.91 Å². The molecule has 0 N–H and O–H groups in total. The van der Waals surface area contributed by atoms with Gasteiger partial charge in [-0.15, -0.1) is 0 Å². The number of methoxy groups -OCH3 is 1. The Balaban J connectivity index is 1.73. The second-order valence-corrected chi connectivity index (χ2v) is 12.3. The van der Waals surface area contributed by atoms with Crippen molar-refractivity contribution in [2.45, 2.75) is 32.7 Å². The third-order valence-corrected chi connectivity index (χ3v) is 9.22. The smallest absolute Gasteiger partial charge is 0.274 e. The second kappa shape index (κ2) is 12.4. The van der Waals surface area contributed by atoms with Gasteiger partial charge in [0, 0.05) is 47.2 Å². The molecule has 7 nitrogen and oxygen atoms in total. The molecule has 0 aliphatic carbocycles. The Morgan fingerprint density at radius 1 is 1.07 bits per heavy atom. The predicted octanol–water partition coefficient (Wildman–Crippen LogP) is 8.37. The van der Waals surface area contributed by atoms with Crippen molar-refractivity contribution in [3.8, 4) is 22.6 Å². The Labute approximate surface area is 273 Å². The van der Waals surface area contributed by atoms with Crippen molar-refractivity contribution in [3.05, 3.63) is 118 Å². The summed E-state index contributed by atoms with van der Waals surface area (Å²) in [5.74, 6) is 0.639. The highest BCUT2D eigenvalue weighted by Gasteiger charge is 2.32. The van der Waals surface area contributed by atoms with Gasteiger partial charge in [-0.25, -0.2) is 4.85 Å². The zero-order chi connectivity index (χ0) is 32.7. The van der Waals surface area contributed by atoms with Crippen LogP contribution < -0.4 is 15.2 Å². The molecule has 1 amide bonds. The van der Waals surface area contributed by atoms with Crippen LogP contribution in [-0.4, -0.2) is 48.2 Å². The molecule has 1 atom stereocenters. The van der Waals surface area contributed by atoms with E-state index >= 15 is 0 Å². The molecule has 232 valence electrons. The average Bonchev–Trinajstić information content (AvgIpc) is 3.07. The van der Waals surface area contributed by atoms with Crippen molar-refractivity contribution >= 4 is 50.6 Å². The van der Waals surface area contributed by atoms with Gasteiger partial charge in [0.05, 0.1) is 30.6 Å². The van der Waals surface area contributed by atoms with Crippen LogP contribution in [0.3, 0.4) is 0 Å². The molecule has 0 unspecified atom stereocenters. The van der Waals surface area contributed by atoms with Crippen LogP contribution in [-0.2, 0) is 4.79 Å². The Morgan fingerprint density at radius 3 is 2.50 bits per heavy atom. The van der Waals surface area contributed by atoms with E-state index in [9.17, 15) is 9.59 Å². The van der Waals surface area contributed by atoms with Gasteiger partial charge in [-0.2, -0.15) is 0 Å². The Hall–Kier alpha value is -5.06. The first-order valence-corrected chi connectivity index (χ1v) is 15.7. The van der Waals surface area contributed by atoms with Gasteiger partial charge < -0.3 is 14.5 Å². The number of aromatic nitrogens is 1. The first-order chi connectivity index (χ1) is 22.2. The van der Waals surface area contributed by atoms with E-state index in [0.29, 0.717) is 52.6 Å². The number of hydrogen-bond donors (Lipinski definition) is 0. The molecule has 0 spiro atoms. The quantitative estimate of drug-likeness (QED) is 0.140. The lowest BCUT2D eigenvalue weighted by atomic mass is 9.95. The number of piperazine rings is 1. The standard InChI is InChI=1S/C38H35ClN4O3/c1-7-34(44)41-18-19-42(24(4)22-41)37-29-20-30(39)28(35-27-14-9-8-12-25(27)16-17-33(35)46-6)21-32(29)43(38(45)36(37)40-5)31-15-11-10-13-26(31)23(2)3/h7-17,20-21,23-24H,1,18-19,22H2,2-4,6H3/t24-/m0/s1. The average molecular weight is 631 g/mol. The molecule has 0 radical (unpaired) electrons. The number of benzene rings is 4. The minimum absolute atomic E-state index is 0.0213. The van der Waals surface area contributed by atoms with Crippen LogP contribution in [0.25, 0.3) is 43.3 Å². The largest absolute Gasteiger partial charge is 0.496 e. The fourth-order valence-electron chi connectivity index (χ4n) is 6.70. The lowest BCUT2D eigenvalue weighted by molar-refractivity contribution is -0.126. The summed E-state index contributed by atoms with van der Waals surface area (Å²) < 4.78 is 7.53. The van der Waals surface area contributed by atoms with Crippen LogP contribution in [0.1, 0.15) is 32.3 Å². The maximum Gasteiger partial charge on any atom is 0.274 e. The first kappa shape index (κ1) is 30.9. The predicted molar refractivity (Wildman–Crippen MR) is 188 cm³/mol. The number of carbonyl (C=O) groups is 1. The van der Waals surface area contributed by atoms with Gasteiger partial charge in [-0.3, -0.25) is 14.2 Å². The summed E-state index contributed by atoms with van der Waals surface area (Å²) in [5.41, 5.74) is 4.03. The number of pyridine rings is 1. The van der Waals surface area contributed by atoms with Gasteiger partial charge in [-0.1, -0.05) is 80.6 Å². The highest BCUT2D eigenvalue weighted by atomic mass is 35.5. The van der Waals surface area contributed by atoms with Crippen molar-refractivity contribution in [1.82, 2.24) is 9.47 Å². The number of halogens is 1. The number of amides is 1. The maximum atomic E-state index is 14.6. The monoisotopic (exact) mass is 630 g/mol. The SMILES string of the molecule is [C-]#[N+]c1c(N2CCN(C(=O)C=C)C[C@@H]2C)c2cc(Cl)c(-c3c(OC)ccc4ccccc34)cc2n(-c2ccccc2C(C)C)c1=O. The molecule has 8 heteroatoms. The van der Waals surface area contributed by atoms with Crippen LogP contribution in [0.15, 0.2) is 90.2 Å². The van der Waals surface area contributed by atoms with Crippen LogP contribution in [0, 0.1) is 6.57 Å². The Kier molecular flexibility index (Phi) is 8.33. The number of hydrogen-bond acceptors (Lipinski definition) is 4.